The topological polar surface area (TPSA) is 73.9 Å². The number of esters is 2. The third kappa shape index (κ3) is 7.52. The summed E-state index contributed by atoms with van der Waals surface area (Å²) in [6, 6.07) is 16.8. The molecule has 5 atom stereocenters. The van der Waals surface area contributed by atoms with Crippen LogP contribution in [0.25, 0.3) is 11.1 Å². The van der Waals surface area contributed by atoms with Gasteiger partial charge in [-0.3, -0.25) is 0 Å². The average Bonchev–Trinajstić information content (AvgIpc) is 3.16. The maximum Gasteiger partial charge on any atom is 0.349 e. The Balaban J connectivity index is 1.48. The van der Waals surface area contributed by atoms with Crippen LogP contribution in [0.1, 0.15) is 60.3 Å². The quantitative estimate of drug-likeness (QED) is 0.230. The average molecular weight is 599 g/mol. The third-order valence-corrected chi connectivity index (χ3v) is 8.38. The van der Waals surface area contributed by atoms with Crippen LogP contribution < -0.4 is 10.1 Å². The van der Waals surface area contributed by atoms with E-state index in [4.69, 9.17) is 14.2 Å². The van der Waals surface area contributed by atoms with Crippen LogP contribution in [-0.4, -0.2) is 30.4 Å². The molecule has 0 amide bonds. The lowest BCUT2D eigenvalue weighted by molar-refractivity contribution is -0.182. The van der Waals surface area contributed by atoms with Crippen molar-refractivity contribution in [2.24, 2.45) is 23.7 Å². The Morgan fingerprint density at radius 2 is 1.69 bits per heavy atom. The van der Waals surface area contributed by atoms with E-state index in [-0.39, 0.29) is 16.5 Å². The Hall–Kier alpha value is -2.64. The zero-order valence-electron chi connectivity index (χ0n) is 23.5. The summed E-state index contributed by atoms with van der Waals surface area (Å²) in [6.07, 6.45) is 2.77. The molecule has 39 heavy (non-hydrogen) atoms. The second kappa shape index (κ2) is 13.1. The van der Waals surface area contributed by atoms with E-state index in [0.29, 0.717) is 35.6 Å². The first-order valence-electron chi connectivity index (χ1n) is 14.0. The molecule has 0 saturated heterocycles. The molecule has 1 N–H and O–H groups in total. The summed E-state index contributed by atoms with van der Waals surface area (Å²) in [4.78, 5) is 25.9. The number of rotatable bonds is 10. The van der Waals surface area contributed by atoms with Gasteiger partial charge in [0, 0.05) is 0 Å². The molecule has 0 aromatic heterocycles. The van der Waals surface area contributed by atoms with E-state index in [9.17, 15) is 9.59 Å². The summed E-state index contributed by atoms with van der Waals surface area (Å²) in [5.41, 5.74) is 2.58. The molecule has 6 nitrogen and oxygen atoms in total. The second-order valence-corrected chi connectivity index (χ2v) is 12.4. The van der Waals surface area contributed by atoms with Crippen LogP contribution in [-0.2, 0) is 19.1 Å². The van der Waals surface area contributed by atoms with Crippen molar-refractivity contribution in [1.82, 2.24) is 5.32 Å². The molecule has 7 heteroatoms. The number of benzene rings is 2. The summed E-state index contributed by atoms with van der Waals surface area (Å²) >= 11 is 3.38. The molecular formula is C32H40BrNO5. The van der Waals surface area contributed by atoms with Crippen molar-refractivity contribution in [3.05, 3.63) is 64.8 Å². The summed E-state index contributed by atoms with van der Waals surface area (Å²) in [5.74, 6) is 1.13. The van der Waals surface area contributed by atoms with Crippen LogP contribution >= 0.6 is 15.9 Å². The zero-order valence-corrected chi connectivity index (χ0v) is 25.1. The van der Waals surface area contributed by atoms with Crippen LogP contribution in [0.3, 0.4) is 0 Å². The third-order valence-electron chi connectivity index (χ3n) is 7.63. The largest absolute Gasteiger partial charge is 0.426 e. The van der Waals surface area contributed by atoms with Crippen molar-refractivity contribution in [3.8, 4) is 16.9 Å². The van der Waals surface area contributed by atoms with Gasteiger partial charge in [-0.2, -0.15) is 0 Å². The Kier molecular flexibility index (Phi) is 9.89. The van der Waals surface area contributed by atoms with Crippen molar-refractivity contribution in [3.63, 3.8) is 0 Å². The molecule has 2 aromatic rings. The Morgan fingerprint density at radius 3 is 2.33 bits per heavy atom. The number of nitrogens with one attached hydrogen (secondary N) is 1. The molecule has 2 aliphatic rings. The lowest BCUT2D eigenvalue weighted by Gasteiger charge is -2.38. The maximum atomic E-state index is 13.4. The van der Waals surface area contributed by atoms with Gasteiger partial charge < -0.3 is 19.5 Å². The van der Waals surface area contributed by atoms with Gasteiger partial charge in [0.2, 0.25) is 6.29 Å². The zero-order chi connectivity index (χ0) is 28.1. The van der Waals surface area contributed by atoms with E-state index >= 15 is 0 Å². The van der Waals surface area contributed by atoms with E-state index in [2.05, 4.69) is 42.0 Å². The molecule has 0 bridgehead atoms. The van der Waals surface area contributed by atoms with Crippen molar-refractivity contribution in [2.45, 2.75) is 78.7 Å². The summed E-state index contributed by atoms with van der Waals surface area (Å²) < 4.78 is 18.1. The van der Waals surface area contributed by atoms with Gasteiger partial charge in [0.05, 0.1) is 6.10 Å². The van der Waals surface area contributed by atoms with Gasteiger partial charge in [0.25, 0.3) is 0 Å². The summed E-state index contributed by atoms with van der Waals surface area (Å²) in [6.45, 7) is 10.7. The number of carbonyl (C=O) groups is 2. The monoisotopic (exact) mass is 597 g/mol. The molecule has 210 valence electrons. The molecule has 1 fully saturated rings. The molecule has 1 saturated carbocycles. The van der Waals surface area contributed by atoms with Gasteiger partial charge in [0.1, 0.15) is 22.0 Å². The van der Waals surface area contributed by atoms with Crippen LogP contribution in [0.2, 0.25) is 0 Å². The van der Waals surface area contributed by atoms with E-state index in [0.717, 1.165) is 24.0 Å². The van der Waals surface area contributed by atoms with Crippen LogP contribution in [0.5, 0.6) is 5.75 Å². The minimum absolute atomic E-state index is 0.0274. The smallest absolute Gasteiger partial charge is 0.349 e. The summed E-state index contributed by atoms with van der Waals surface area (Å²) in [7, 11) is 0. The predicted molar refractivity (Wildman–Crippen MR) is 156 cm³/mol. The molecule has 4 rings (SSSR count). The number of carbonyl (C=O) groups excluding carboxylic acids is 2. The van der Waals surface area contributed by atoms with Crippen LogP contribution in [0, 0.1) is 23.7 Å². The van der Waals surface area contributed by atoms with Gasteiger partial charge in [0.15, 0.2) is 0 Å². The molecule has 1 aliphatic heterocycles. The normalized spacial score (nSPS) is 24.2. The number of hydrogen-bond acceptors (Lipinski definition) is 6. The maximum absolute atomic E-state index is 13.4. The molecule has 1 heterocycles. The first kappa shape index (κ1) is 29.3. The first-order valence-corrected chi connectivity index (χ1v) is 14.8. The number of cyclic esters (lactones) is 1. The molecule has 0 radical (unpaired) electrons. The molecule has 2 aromatic carbocycles. The minimum Gasteiger partial charge on any atom is -0.426 e. The molecule has 1 aliphatic carbocycles. The molecular weight excluding hydrogens is 558 g/mol. The minimum atomic E-state index is -0.893. The van der Waals surface area contributed by atoms with E-state index in [1.165, 1.54) is 6.42 Å². The first-order chi connectivity index (χ1) is 18.6. The fourth-order valence-corrected chi connectivity index (χ4v) is 5.88. The van der Waals surface area contributed by atoms with Gasteiger partial charge in [-0.05, 0) is 82.1 Å². The van der Waals surface area contributed by atoms with E-state index in [1.54, 1.807) is 12.1 Å². The number of ether oxygens (including phenoxy) is 3. The Labute approximate surface area is 240 Å². The van der Waals surface area contributed by atoms with Gasteiger partial charge in [-0.15, -0.1) is 0 Å². The lowest BCUT2D eigenvalue weighted by atomic mass is 9.75. The number of halogens is 1. The lowest BCUT2D eigenvalue weighted by Crippen LogP contribution is -2.44. The second-order valence-electron chi connectivity index (χ2n) is 11.6. The Bertz CT molecular complexity index is 1160. The van der Waals surface area contributed by atoms with E-state index in [1.807, 2.05) is 56.3 Å². The van der Waals surface area contributed by atoms with Crippen LogP contribution in [0.4, 0.5) is 0 Å². The highest BCUT2D eigenvalue weighted by Crippen LogP contribution is 2.38. The fourth-order valence-electron chi connectivity index (χ4n) is 5.48. The fraction of sp³-hybridized carbons (Fsp3) is 0.500. The Morgan fingerprint density at radius 1 is 1.03 bits per heavy atom. The predicted octanol–water partition coefficient (Wildman–Crippen LogP) is 7.23. The van der Waals surface area contributed by atoms with Gasteiger partial charge >= 0.3 is 11.9 Å². The standard InChI is InChI=1S/C32H40BrNO5/c1-19(2)17-26(30(35)37-24-14-12-23(13-15-24)22-9-7-6-8-10-22)34-29-28(33)31(36)39-32(29)38-27-18-21(5)11-16-25(27)20(3)4/h6-10,12-15,19-21,25-27,32,34H,11,16-18H2,1-5H3/t21?,25?,26-,27?,32-/m0/s1. The van der Waals surface area contributed by atoms with Crippen LogP contribution in [0.15, 0.2) is 64.8 Å². The van der Waals surface area contributed by atoms with Gasteiger partial charge in [-0.1, -0.05) is 83.5 Å². The van der Waals surface area contributed by atoms with Crippen molar-refractivity contribution < 1.29 is 23.8 Å². The molecule has 0 spiro atoms. The summed E-state index contributed by atoms with van der Waals surface area (Å²) in [5, 5.41) is 3.27. The highest BCUT2D eigenvalue weighted by molar-refractivity contribution is 9.12. The highest BCUT2D eigenvalue weighted by atomic mass is 79.9. The van der Waals surface area contributed by atoms with Crippen molar-refractivity contribution in [1.29, 1.82) is 0 Å². The SMILES string of the molecule is CC(C)C[C@H](NC1=C(Br)C(=O)O[C@@H]1OC1CC(C)CCC1C(C)C)C(=O)Oc1ccc(-c2ccccc2)cc1. The van der Waals surface area contributed by atoms with Gasteiger partial charge in [-0.25, -0.2) is 9.59 Å². The van der Waals surface area contributed by atoms with Crippen molar-refractivity contribution >= 4 is 27.9 Å². The highest BCUT2D eigenvalue weighted by Gasteiger charge is 2.41. The van der Waals surface area contributed by atoms with E-state index < -0.39 is 24.3 Å². The van der Waals surface area contributed by atoms with Crippen molar-refractivity contribution in [2.75, 3.05) is 0 Å². The number of hydrogen-bond donors (Lipinski definition) is 1. The molecule has 3 unspecified atom stereocenters.